The molecule has 2 heteroatoms. The quantitative estimate of drug-likeness (QED) is 0.821. The largest absolute Gasteiger partial charge is 0.308 e. The van der Waals surface area contributed by atoms with Gasteiger partial charge >= 0.3 is 0 Å². The molecule has 1 saturated heterocycles. The molecular weight excluding hydrogens is 244 g/mol. The predicted molar refractivity (Wildman–Crippen MR) is 88.0 cm³/mol. The van der Waals surface area contributed by atoms with E-state index in [4.69, 9.17) is 0 Å². The minimum atomic E-state index is 0.462. The first kappa shape index (κ1) is 16.3. The highest BCUT2D eigenvalue weighted by Crippen LogP contribution is 2.34. The van der Waals surface area contributed by atoms with Gasteiger partial charge in [-0.2, -0.15) is 0 Å². The Morgan fingerprint density at radius 3 is 2.20 bits per heavy atom. The van der Waals surface area contributed by atoms with Gasteiger partial charge in [0.05, 0.1) is 0 Å². The van der Waals surface area contributed by atoms with Gasteiger partial charge < -0.3 is 5.32 Å². The van der Waals surface area contributed by atoms with Crippen LogP contribution in [-0.4, -0.2) is 36.1 Å². The smallest absolute Gasteiger partial charge is 0.0309 e. The van der Waals surface area contributed by atoms with Crippen molar-refractivity contribution in [2.45, 2.75) is 78.3 Å². The van der Waals surface area contributed by atoms with E-state index in [1.54, 1.807) is 0 Å². The molecule has 0 amide bonds. The van der Waals surface area contributed by atoms with Crippen molar-refractivity contribution in [1.82, 2.24) is 10.2 Å². The lowest BCUT2D eigenvalue weighted by Crippen LogP contribution is -2.63. The molecular formula is C18H36N2. The summed E-state index contributed by atoms with van der Waals surface area (Å²) in [6.07, 6.45) is 6.93. The molecule has 0 aromatic rings. The molecule has 1 saturated carbocycles. The Morgan fingerprint density at radius 2 is 1.70 bits per heavy atom. The molecule has 1 spiro atoms. The second-order valence-corrected chi connectivity index (χ2v) is 8.01. The van der Waals surface area contributed by atoms with Crippen LogP contribution in [0.2, 0.25) is 0 Å². The highest BCUT2D eigenvalue weighted by Gasteiger charge is 2.41. The summed E-state index contributed by atoms with van der Waals surface area (Å²) in [5, 5.41) is 3.92. The summed E-state index contributed by atoms with van der Waals surface area (Å²) in [5.41, 5.74) is 0.462. The Hall–Kier alpha value is -0.0800. The summed E-state index contributed by atoms with van der Waals surface area (Å²) >= 11 is 0. The molecule has 2 fully saturated rings. The van der Waals surface area contributed by atoms with Gasteiger partial charge in [0.1, 0.15) is 0 Å². The molecule has 0 aromatic carbocycles. The highest BCUT2D eigenvalue weighted by atomic mass is 15.3. The third-order valence-electron chi connectivity index (χ3n) is 5.92. The zero-order chi connectivity index (χ0) is 14.8. The fraction of sp³-hybridized carbons (Fsp3) is 1.00. The lowest BCUT2D eigenvalue weighted by atomic mass is 9.83. The van der Waals surface area contributed by atoms with Crippen molar-refractivity contribution < 1.29 is 0 Å². The van der Waals surface area contributed by atoms with Gasteiger partial charge in [0, 0.05) is 31.2 Å². The molecule has 1 atom stereocenters. The number of nitrogens with one attached hydrogen (secondary N) is 1. The zero-order valence-corrected chi connectivity index (χ0v) is 14.4. The summed E-state index contributed by atoms with van der Waals surface area (Å²) in [6.45, 7) is 15.8. The number of rotatable bonds is 5. The number of hydrogen-bond donors (Lipinski definition) is 1. The Morgan fingerprint density at radius 1 is 1.10 bits per heavy atom. The van der Waals surface area contributed by atoms with Crippen LogP contribution in [0.3, 0.4) is 0 Å². The minimum absolute atomic E-state index is 0.462. The number of piperazine rings is 1. The van der Waals surface area contributed by atoms with E-state index in [-0.39, 0.29) is 0 Å². The van der Waals surface area contributed by atoms with Crippen LogP contribution in [0.5, 0.6) is 0 Å². The Bertz CT molecular complexity index is 284. The van der Waals surface area contributed by atoms with Crippen LogP contribution < -0.4 is 5.32 Å². The van der Waals surface area contributed by atoms with Gasteiger partial charge in [0.15, 0.2) is 0 Å². The highest BCUT2D eigenvalue weighted by molar-refractivity contribution is 5.01. The molecule has 1 N–H and O–H groups in total. The van der Waals surface area contributed by atoms with E-state index >= 15 is 0 Å². The standard InChI is InChI=1S/C18H36N2/c1-6-16-11-19-18(9-7-8-10-18)13-20(16)12-17(14(2)3)15(4)5/h14-17,19H,6-13H2,1-5H3. The van der Waals surface area contributed by atoms with E-state index in [0.29, 0.717) is 5.54 Å². The van der Waals surface area contributed by atoms with Crippen molar-refractivity contribution in [2.24, 2.45) is 17.8 Å². The summed E-state index contributed by atoms with van der Waals surface area (Å²) in [7, 11) is 0. The molecule has 1 heterocycles. The third-order valence-corrected chi connectivity index (χ3v) is 5.92. The lowest BCUT2D eigenvalue weighted by molar-refractivity contribution is 0.0473. The van der Waals surface area contributed by atoms with Gasteiger partial charge in [-0.15, -0.1) is 0 Å². The Labute approximate surface area is 126 Å². The maximum atomic E-state index is 3.92. The van der Waals surface area contributed by atoms with Gasteiger partial charge in [0.2, 0.25) is 0 Å². The Balaban J connectivity index is 2.04. The maximum Gasteiger partial charge on any atom is 0.0309 e. The van der Waals surface area contributed by atoms with Gasteiger partial charge in [-0.3, -0.25) is 4.90 Å². The second kappa shape index (κ2) is 6.79. The first-order chi connectivity index (χ1) is 9.47. The molecule has 0 bridgehead atoms. The minimum Gasteiger partial charge on any atom is -0.308 e. The summed E-state index contributed by atoms with van der Waals surface area (Å²) < 4.78 is 0. The SMILES string of the molecule is CCC1CNC2(CCCC2)CN1CC(C(C)C)C(C)C. The summed E-state index contributed by atoms with van der Waals surface area (Å²) in [6, 6.07) is 0.751. The van der Waals surface area contributed by atoms with E-state index in [1.165, 1.54) is 51.7 Å². The Kier molecular flexibility index (Phi) is 5.53. The van der Waals surface area contributed by atoms with Crippen molar-refractivity contribution in [3.8, 4) is 0 Å². The summed E-state index contributed by atoms with van der Waals surface area (Å²) in [4.78, 5) is 2.84. The van der Waals surface area contributed by atoms with E-state index in [2.05, 4.69) is 44.8 Å². The molecule has 1 unspecified atom stereocenters. The topological polar surface area (TPSA) is 15.3 Å². The lowest BCUT2D eigenvalue weighted by Gasteiger charge is -2.48. The van der Waals surface area contributed by atoms with Crippen LogP contribution >= 0.6 is 0 Å². The number of hydrogen-bond acceptors (Lipinski definition) is 2. The fourth-order valence-corrected chi connectivity index (χ4v) is 4.50. The van der Waals surface area contributed by atoms with Crippen LogP contribution in [0.15, 0.2) is 0 Å². The molecule has 0 aromatic heterocycles. The van der Waals surface area contributed by atoms with Crippen LogP contribution in [0.1, 0.15) is 66.7 Å². The van der Waals surface area contributed by atoms with Crippen molar-refractivity contribution in [3.63, 3.8) is 0 Å². The van der Waals surface area contributed by atoms with Crippen molar-refractivity contribution in [3.05, 3.63) is 0 Å². The van der Waals surface area contributed by atoms with E-state index in [0.717, 1.165) is 23.8 Å². The van der Waals surface area contributed by atoms with Crippen LogP contribution in [0, 0.1) is 17.8 Å². The molecule has 2 nitrogen and oxygen atoms in total. The van der Waals surface area contributed by atoms with Crippen LogP contribution in [0.4, 0.5) is 0 Å². The molecule has 118 valence electrons. The van der Waals surface area contributed by atoms with Crippen molar-refractivity contribution >= 4 is 0 Å². The monoisotopic (exact) mass is 280 g/mol. The zero-order valence-electron chi connectivity index (χ0n) is 14.4. The molecule has 2 rings (SSSR count). The molecule has 0 radical (unpaired) electrons. The third kappa shape index (κ3) is 3.57. The van der Waals surface area contributed by atoms with E-state index in [1.807, 2.05) is 0 Å². The van der Waals surface area contributed by atoms with Crippen molar-refractivity contribution in [2.75, 3.05) is 19.6 Å². The molecule has 2 aliphatic rings. The van der Waals surface area contributed by atoms with Crippen molar-refractivity contribution in [1.29, 1.82) is 0 Å². The van der Waals surface area contributed by atoms with Crippen LogP contribution in [-0.2, 0) is 0 Å². The molecule has 20 heavy (non-hydrogen) atoms. The maximum absolute atomic E-state index is 3.92. The average Bonchev–Trinajstić information content (AvgIpc) is 2.83. The summed E-state index contributed by atoms with van der Waals surface area (Å²) in [5.74, 6) is 2.42. The van der Waals surface area contributed by atoms with E-state index in [9.17, 15) is 0 Å². The first-order valence-corrected chi connectivity index (χ1v) is 8.96. The fourth-order valence-electron chi connectivity index (χ4n) is 4.50. The van der Waals surface area contributed by atoms with Crippen LogP contribution in [0.25, 0.3) is 0 Å². The average molecular weight is 280 g/mol. The molecule has 1 aliphatic heterocycles. The molecule has 1 aliphatic carbocycles. The first-order valence-electron chi connectivity index (χ1n) is 8.96. The van der Waals surface area contributed by atoms with Gasteiger partial charge in [-0.25, -0.2) is 0 Å². The normalized spacial score (nSPS) is 27.3. The predicted octanol–water partition coefficient (Wildman–Crippen LogP) is 3.91. The van der Waals surface area contributed by atoms with Gasteiger partial charge in [-0.1, -0.05) is 47.5 Å². The van der Waals surface area contributed by atoms with Gasteiger partial charge in [0.25, 0.3) is 0 Å². The van der Waals surface area contributed by atoms with Gasteiger partial charge in [-0.05, 0) is 37.0 Å². The second-order valence-electron chi connectivity index (χ2n) is 8.01. The van der Waals surface area contributed by atoms with E-state index < -0.39 is 0 Å². The number of nitrogens with zero attached hydrogens (tertiary/aromatic N) is 1.